The summed E-state index contributed by atoms with van der Waals surface area (Å²) in [5, 5.41) is 0.405. The highest BCUT2D eigenvalue weighted by molar-refractivity contribution is 6.35. The van der Waals surface area contributed by atoms with Gasteiger partial charge in [0.2, 0.25) is 5.28 Å². The maximum atomic E-state index is 6.06. The quantitative estimate of drug-likeness (QED) is 0.552. The lowest BCUT2D eigenvalue weighted by atomic mass is 10.1. The first-order valence-corrected chi connectivity index (χ1v) is 6.41. The van der Waals surface area contributed by atoms with Crippen molar-refractivity contribution in [1.82, 2.24) is 19.5 Å². The predicted octanol–water partition coefficient (Wildman–Crippen LogP) is 2.79. The third-order valence-corrected chi connectivity index (χ3v) is 3.43. The second-order valence-corrected chi connectivity index (χ2v) is 5.64. The van der Waals surface area contributed by atoms with Crippen LogP contribution in [0.4, 0.5) is 0 Å². The Hall–Kier alpha value is -0.910. The van der Waals surface area contributed by atoms with Gasteiger partial charge >= 0.3 is 0 Å². The molecule has 0 aromatic carbocycles. The van der Waals surface area contributed by atoms with Gasteiger partial charge in [-0.25, -0.2) is 9.97 Å². The van der Waals surface area contributed by atoms with Crippen LogP contribution in [0.3, 0.4) is 0 Å². The largest absolute Gasteiger partial charge is 0.363 e. The van der Waals surface area contributed by atoms with Crippen LogP contribution in [-0.4, -0.2) is 25.6 Å². The predicted molar refractivity (Wildman–Crippen MR) is 68.9 cm³/mol. The minimum absolute atomic E-state index is 0.0809. The Balaban J connectivity index is 2.36. The van der Waals surface area contributed by atoms with Crippen LogP contribution in [0.5, 0.6) is 0 Å². The number of rotatable bonds is 0. The number of aromatic nitrogens is 4. The van der Waals surface area contributed by atoms with Gasteiger partial charge in [-0.2, -0.15) is 4.98 Å². The van der Waals surface area contributed by atoms with Gasteiger partial charge in [0, 0.05) is 0 Å². The molecule has 0 bridgehead atoms. The van der Waals surface area contributed by atoms with Gasteiger partial charge in [0.25, 0.3) is 0 Å². The van der Waals surface area contributed by atoms with Crippen LogP contribution < -0.4 is 0 Å². The molecule has 5 nitrogen and oxygen atoms in total. The summed E-state index contributed by atoms with van der Waals surface area (Å²) >= 11 is 11.9. The van der Waals surface area contributed by atoms with E-state index in [0.717, 1.165) is 5.82 Å². The Morgan fingerprint density at radius 3 is 2.72 bits per heavy atom. The smallest absolute Gasteiger partial charge is 0.225 e. The van der Waals surface area contributed by atoms with Crippen molar-refractivity contribution >= 4 is 34.4 Å². The van der Waals surface area contributed by atoms with Crippen molar-refractivity contribution in [2.45, 2.75) is 39.0 Å². The van der Waals surface area contributed by atoms with Gasteiger partial charge in [0.1, 0.15) is 16.9 Å². The van der Waals surface area contributed by atoms with E-state index in [4.69, 9.17) is 27.9 Å². The molecule has 1 unspecified atom stereocenters. The van der Waals surface area contributed by atoms with Gasteiger partial charge < -0.3 is 9.30 Å². The van der Waals surface area contributed by atoms with Crippen LogP contribution in [-0.2, 0) is 16.9 Å². The van der Waals surface area contributed by atoms with Crippen LogP contribution in [0.2, 0.25) is 10.4 Å². The Morgan fingerprint density at radius 1 is 1.28 bits per heavy atom. The van der Waals surface area contributed by atoms with E-state index in [2.05, 4.69) is 15.0 Å². The van der Waals surface area contributed by atoms with Crippen molar-refractivity contribution in [3.63, 3.8) is 0 Å². The van der Waals surface area contributed by atoms with Crippen molar-refractivity contribution in [3.05, 3.63) is 16.3 Å². The Kier molecular flexibility index (Phi) is 2.56. The van der Waals surface area contributed by atoms with E-state index in [0.29, 0.717) is 17.7 Å². The average Bonchev–Trinajstić information content (AvgIpc) is 2.57. The van der Waals surface area contributed by atoms with Crippen LogP contribution >= 0.6 is 23.2 Å². The molecule has 1 atom stereocenters. The summed E-state index contributed by atoms with van der Waals surface area (Å²) in [5.41, 5.74) is 0.758. The molecule has 0 N–H and O–H groups in total. The van der Waals surface area contributed by atoms with E-state index in [1.54, 1.807) is 0 Å². The van der Waals surface area contributed by atoms with Crippen LogP contribution in [0.1, 0.15) is 26.6 Å². The minimum atomic E-state index is -0.478. The Labute approximate surface area is 114 Å². The van der Waals surface area contributed by atoms with Gasteiger partial charge in [-0.1, -0.05) is 11.6 Å². The van der Waals surface area contributed by atoms with E-state index in [1.165, 1.54) is 0 Å². The molecule has 7 heteroatoms. The SMILES string of the molecule is CC1Cn2c(nc3c(Cl)nc(Cl)nc32)C(C)(C)O1. The first-order chi connectivity index (χ1) is 8.38. The maximum Gasteiger partial charge on any atom is 0.225 e. The summed E-state index contributed by atoms with van der Waals surface area (Å²) in [5.74, 6) is 0.800. The molecule has 2 aromatic heterocycles. The van der Waals surface area contributed by atoms with Gasteiger partial charge in [0.05, 0.1) is 12.6 Å². The second-order valence-electron chi connectivity index (χ2n) is 4.94. The lowest BCUT2D eigenvalue weighted by Crippen LogP contribution is -2.38. The molecular formula is C11H12Cl2N4O. The third kappa shape index (κ3) is 1.69. The number of hydrogen-bond donors (Lipinski definition) is 0. The summed E-state index contributed by atoms with van der Waals surface area (Å²) in [6, 6.07) is 0. The van der Waals surface area contributed by atoms with E-state index >= 15 is 0 Å². The minimum Gasteiger partial charge on any atom is -0.363 e. The molecule has 0 radical (unpaired) electrons. The first-order valence-electron chi connectivity index (χ1n) is 5.66. The summed E-state index contributed by atoms with van der Waals surface area (Å²) in [4.78, 5) is 12.6. The number of halogens is 2. The summed E-state index contributed by atoms with van der Waals surface area (Å²) in [6.07, 6.45) is 0.0809. The fourth-order valence-corrected chi connectivity index (χ4v) is 2.84. The monoisotopic (exact) mass is 286 g/mol. The van der Waals surface area contributed by atoms with Gasteiger partial charge in [0.15, 0.2) is 10.8 Å². The average molecular weight is 287 g/mol. The number of ether oxygens (including phenoxy) is 1. The van der Waals surface area contributed by atoms with Crippen molar-refractivity contribution in [1.29, 1.82) is 0 Å². The molecule has 3 rings (SSSR count). The summed E-state index contributed by atoms with van der Waals surface area (Å²) in [6.45, 7) is 6.65. The highest BCUT2D eigenvalue weighted by Crippen LogP contribution is 2.34. The standard InChI is InChI=1S/C11H12Cl2N4O/c1-5-4-17-8-6(7(12)15-10(13)16-8)14-9(17)11(2,3)18-5/h5H,4H2,1-3H3. The van der Waals surface area contributed by atoms with Crippen LogP contribution in [0.25, 0.3) is 11.2 Å². The molecular weight excluding hydrogens is 275 g/mol. The molecule has 96 valence electrons. The highest BCUT2D eigenvalue weighted by atomic mass is 35.5. The fourth-order valence-electron chi connectivity index (χ4n) is 2.43. The third-order valence-electron chi connectivity index (χ3n) is 3.00. The summed E-state index contributed by atoms with van der Waals surface area (Å²) < 4.78 is 7.90. The molecule has 1 aliphatic heterocycles. The molecule has 2 aromatic rings. The zero-order valence-electron chi connectivity index (χ0n) is 10.2. The van der Waals surface area contributed by atoms with Gasteiger partial charge in [-0.3, -0.25) is 0 Å². The second kappa shape index (κ2) is 3.79. The summed E-state index contributed by atoms with van der Waals surface area (Å²) in [7, 11) is 0. The zero-order chi connectivity index (χ0) is 13.1. The topological polar surface area (TPSA) is 52.8 Å². The Bertz CT molecular complexity index is 637. The number of hydrogen-bond acceptors (Lipinski definition) is 4. The molecule has 0 amide bonds. The number of imidazole rings is 1. The van der Waals surface area contributed by atoms with Crippen molar-refractivity contribution in [3.8, 4) is 0 Å². The van der Waals surface area contributed by atoms with Gasteiger partial charge in [-0.05, 0) is 32.4 Å². The van der Waals surface area contributed by atoms with Crippen molar-refractivity contribution in [2.24, 2.45) is 0 Å². The highest BCUT2D eigenvalue weighted by Gasteiger charge is 2.36. The molecule has 3 heterocycles. The molecule has 0 fully saturated rings. The molecule has 0 spiro atoms. The molecule has 18 heavy (non-hydrogen) atoms. The van der Waals surface area contributed by atoms with E-state index in [9.17, 15) is 0 Å². The maximum absolute atomic E-state index is 6.06. The molecule has 0 saturated heterocycles. The lowest BCUT2D eigenvalue weighted by molar-refractivity contribution is -0.100. The molecule has 1 aliphatic rings. The van der Waals surface area contributed by atoms with Crippen LogP contribution in [0.15, 0.2) is 0 Å². The molecule has 0 saturated carbocycles. The van der Waals surface area contributed by atoms with Gasteiger partial charge in [-0.15, -0.1) is 0 Å². The number of nitrogens with zero attached hydrogens (tertiary/aromatic N) is 4. The Morgan fingerprint density at radius 2 is 2.00 bits per heavy atom. The first kappa shape index (κ1) is 12.1. The van der Waals surface area contributed by atoms with E-state index in [1.807, 2.05) is 25.3 Å². The van der Waals surface area contributed by atoms with E-state index < -0.39 is 5.60 Å². The van der Waals surface area contributed by atoms with Crippen molar-refractivity contribution < 1.29 is 4.74 Å². The lowest BCUT2D eigenvalue weighted by Gasteiger charge is -2.34. The number of fused-ring (bicyclic) bond motifs is 3. The van der Waals surface area contributed by atoms with Crippen molar-refractivity contribution in [2.75, 3.05) is 0 Å². The fraction of sp³-hybridized carbons (Fsp3) is 0.545. The van der Waals surface area contributed by atoms with Crippen LogP contribution in [0, 0.1) is 0 Å². The normalized spacial score (nSPS) is 22.2. The molecule has 0 aliphatic carbocycles. The zero-order valence-corrected chi connectivity index (χ0v) is 11.7. The van der Waals surface area contributed by atoms with E-state index in [-0.39, 0.29) is 16.5 Å².